The second-order valence-corrected chi connectivity index (χ2v) is 5.13. The van der Waals surface area contributed by atoms with Crippen molar-refractivity contribution in [3.05, 3.63) is 63.8 Å². The number of rotatable bonds is 5. The lowest BCUT2D eigenvalue weighted by atomic mass is 10.0. The molecule has 0 radical (unpaired) electrons. The van der Waals surface area contributed by atoms with Crippen LogP contribution in [-0.2, 0) is 6.54 Å². The molecule has 0 fully saturated rings. The molecule has 1 aromatic carbocycles. The number of aromatic nitrogens is 2. The zero-order valence-corrected chi connectivity index (χ0v) is 12.9. The molecular formula is C16H18FN3O3. The Balaban J connectivity index is 2.09. The van der Waals surface area contributed by atoms with Gasteiger partial charge in [0.1, 0.15) is 11.5 Å². The molecule has 6 nitrogen and oxygen atoms in total. The standard InChI is InChI=1S/C16H18FN3O3/c1-3-20-14(21)9-8-13(19-20)16(23)18-10(2)15(22)11-4-6-12(17)7-5-11/h4-10,15,22H,3H2,1-2H3,(H,18,23). The predicted molar refractivity (Wildman–Crippen MR) is 82.5 cm³/mol. The second-order valence-electron chi connectivity index (χ2n) is 5.13. The molecule has 1 heterocycles. The number of nitrogens with zero attached hydrogens (tertiary/aromatic N) is 2. The lowest BCUT2D eigenvalue weighted by molar-refractivity contribution is 0.0845. The summed E-state index contributed by atoms with van der Waals surface area (Å²) >= 11 is 0. The minimum atomic E-state index is -0.989. The molecule has 0 bridgehead atoms. The zero-order chi connectivity index (χ0) is 17.0. The van der Waals surface area contributed by atoms with Crippen LogP contribution < -0.4 is 10.9 Å². The summed E-state index contributed by atoms with van der Waals surface area (Å²) in [5.74, 6) is -0.899. The third-order valence-corrected chi connectivity index (χ3v) is 3.44. The van der Waals surface area contributed by atoms with Crippen LogP contribution in [0.1, 0.15) is 36.0 Å². The van der Waals surface area contributed by atoms with Crippen LogP contribution in [0.25, 0.3) is 0 Å². The average molecular weight is 319 g/mol. The van der Waals surface area contributed by atoms with Crippen molar-refractivity contribution in [3.63, 3.8) is 0 Å². The number of aryl methyl sites for hydroxylation is 1. The average Bonchev–Trinajstić information content (AvgIpc) is 2.55. The van der Waals surface area contributed by atoms with Crippen LogP contribution in [0.3, 0.4) is 0 Å². The molecule has 2 aromatic rings. The number of halogens is 1. The van der Waals surface area contributed by atoms with Gasteiger partial charge in [0.2, 0.25) is 0 Å². The molecule has 0 aliphatic heterocycles. The molecule has 122 valence electrons. The Morgan fingerprint density at radius 2 is 1.96 bits per heavy atom. The summed E-state index contributed by atoms with van der Waals surface area (Å²) in [6, 6.07) is 7.39. The quantitative estimate of drug-likeness (QED) is 0.869. The zero-order valence-electron chi connectivity index (χ0n) is 12.9. The third-order valence-electron chi connectivity index (χ3n) is 3.44. The number of amides is 1. The smallest absolute Gasteiger partial charge is 0.272 e. The molecule has 2 atom stereocenters. The van der Waals surface area contributed by atoms with Gasteiger partial charge >= 0.3 is 0 Å². The molecule has 0 saturated heterocycles. The molecule has 7 heteroatoms. The molecule has 2 rings (SSSR count). The van der Waals surface area contributed by atoms with E-state index >= 15 is 0 Å². The summed E-state index contributed by atoms with van der Waals surface area (Å²) < 4.78 is 14.1. The van der Waals surface area contributed by atoms with Gasteiger partial charge in [-0.3, -0.25) is 9.59 Å². The molecule has 2 N–H and O–H groups in total. The van der Waals surface area contributed by atoms with Crippen LogP contribution in [0.2, 0.25) is 0 Å². The maximum atomic E-state index is 12.9. The van der Waals surface area contributed by atoms with Gasteiger partial charge in [-0.25, -0.2) is 9.07 Å². The van der Waals surface area contributed by atoms with Gasteiger partial charge in [-0.15, -0.1) is 0 Å². The molecule has 0 aliphatic rings. The molecule has 23 heavy (non-hydrogen) atoms. The van der Waals surface area contributed by atoms with Crippen molar-refractivity contribution in [3.8, 4) is 0 Å². The topological polar surface area (TPSA) is 84.2 Å². The van der Waals surface area contributed by atoms with Gasteiger partial charge in [0.05, 0.1) is 12.1 Å². The van der Waals surface area contributed by atoms with E-state index in [0.717, 1.165) is 0 Å². The Morgan fingerprint density at radius 3 is 2.57 bits per heavy atom. The highest BCUT2D eigenvalue weighted by molar-refractivity contribution is 5.92. The number of hydrogen-bond donors (Lipinski definition) is 2. The SMILES string of the molecule is CCn1nc(C(=O)NC(C)C(O)c2ccc(F)cc2)ccc1=O. The third kappa shape index (κ3) is 4.01. The van der Waals surface area contributed by atoms with E-state index in [0.29, 0.717) is 12.1 Å². The maximum Gasteiger partial charge on any atom is 0.272 e. The van der Waals surface area contributed by atoms with Crippen molar-refractivity contribution < 1.29 is 14.3 Å². The Kier molecular flexibility index (Phi) is 5.23. The van der Waals surface area contributed by atoms with E-state index in [4.69, 9.17) is 0 Å². The minimum absolute atomic E-state index is 0.0876. The van der Waals surface area contributed by atoms with E-state index in [1.165, 1.54) is 41.1 Å². The van der Waals surface area contributed by atoms with Crippen LogP contribution in [0, 0.1) is 5.82 Å². The van der Waals surface area contributed by atoms with E-state index in [1.807, 2.05) is 0 Å². The van der Waals surface area contributed by atoms with E-state index in [9.17, 15) is 19.1 Å². The first-order valence-corrected chi connectivity index (χ1v) is 7.25. The first kappa shape index (κ1) is 16.8. The Hall–Kier alpha value is -2.54. The van der Waals surface area contributed by atoms with Gasteiger partial charge in [-0.2, -0.15) is 5.10 Å². The summed E-state index contributed by atoms with van der Waals surface area (Å²) in [7, 11) is 0. The minimum Gasteiger partial charge on any atom is -0.386 e. The highest BCUT2D eigenvalue weighted by Gasteiger charge is 2.20. The van der Waals surface area contributed by atoms with Gasteiger partial charge in [-0.05, 0) is 37.6 Å². The van der Waals surface area contributed by atoms with E-state index in [-0.39, 0.29) is 11.3 Å². The van der Waals surface area contributed by atoms with Gasteiger partial charge in [-0.1, -0.05) is 12.1 Å². The number of hydrogen-bond acceptors (Lipinski definition) is 4. The summed E-state index contributed by atoms with van der Waals surface area (Å²) in [6.07, 6.45) is -0.989. The maximum absolute atomic E-state index is 12.9. The molecule has 0 spiro atoms. The largest absolute Gasteiger partial charge is 0.386 e. The van der Waals surface area contributed by atoms with E-state index in [2.05, 4.69) is 10.4 Å². The fraction of sp³-hybridized carbons (Fsp3) is 0.312. The Labute approximate surface area is 132 Å². The normalized spacial score (nSPS) is 13.4. The predicted octanol–water partition coefficient (Wildman–Crippen LogP) is 1.25. The number of aliphatic hydroxyl groups excluding tert-OH is 1. The first-order chi connectivity index (χ1) is 10.9. The van der Waals surface area contributed by atoms with E-state index in [1.54, 1.807) is 13.8 Å². The van der Waals surface area contributed by atoms with Gasteiger partial charge in [0, 0.05) is 12.6 Å². The molecule has 1 aromatic heterocycles. The Morgan fingerprint density at radius 1 is 1.30 bits per heavy atom. The highest BCUT2D eigenvalue weighted by Crippen LogP contribution is 2.17. The summed E-state index contributed by atoms with van der Waals surface area (Å²) in [5.41, 5.74) is 0.290. The first-order valence-electron chi connectivity index (χ1n) is 7.25. The van der Waals surface area contributed by atoms with Gasteiger partial charge < -0.3 is 10.4 Å². The fourth-order valence-corrected chi connectivity index (χ4v) is 2.10. The van der Waals surface area contributed by atoms with Crippen LogP contribution >= 0.6 is 0 Å². The summed E-state index contributed by atoms with van der Waals surface area (Å²) in [5, 5.41) is 16.8. The highest BCUT2D eigenvalue weighted by atomic mass is 19.1. The van der Waals surface area contributed by atoms with Crippen molar-refractivity contribution >= 4 is 5.91 Å². The monoisotopic (exact) mass is 319 g/mol. The molecule has 1 amide bonds. The van der Waals surface area contributed by atoms with Crippen LogP contribution in [0.5, 0.6) is 0 Å². The van der Waals surface area contributed by atoms with Gasteiger partial charge in [0.15, 0.2) is 0 Å². The number of benzene rings is 1. The lowest BCUT2D eigenvalue weighted by Gasteiger charge is -2.20. The molecular weight excluding hydrogens is 301 g/mol. The van der Waals surface area contributed by atoms with Crippen LogP contribution in [0.4, 0.5) is 4.39 Å². The summed E-state index contributed by atoms with van der Waals surface area (Å²) in [4.78, 5) is 23.6. The van der Waals surface area contributed by atoms with Crippen molar-refractivity contribution in [2.45, 2.75) is 32.5 Å². The van der Waals surface area contributed by atoms with E-state index < -0.39 is 23.9 Å². The number of nitrogens with one attached hydrogen (secondary N) is 1. The summed E-state index contributed by atoms with van der Waals surface area (Å²) in [6.45, 7) is 3.73. The fourth-order valence-electron chi connectivity index (χ4n) is 2.10. The van der Waals surface area contributed by atoms with Crippen molar-refractivity contribution in [2.75, 3.05) is 0 Å². The van der Waals surface area contributed by atoms with Gasteiger partial charge in [0.25, 0.3) is 11.5 Å². The molecule has 2 unspecified atom stereocenters. The lowest BCUT2D eigenvalue weighted by Crippen LogP contribution is -2.38. The molecule has 0 aliphatic carbocycles. The van der Waals surface area contributed by atoms with Crippen molar-refractivity contribution in [1.82, 2.24) is 15.1 Å². The molecule has 0 saturated carbocycles. The number of carbonyl (C=O) groups is 1. The Bertz CT molecular complexity index is 743. The van der Waals surface area contributed by atoms with Crippen LogP contribution in [-0.4, -0.2) is 26.8 Å². The second kappa shape index (κ2) is 7.15. The van der Waals surface area contributed by atoms with Crippen molar-refractivity contribution in [2.24, 2.45) is 0 Å². The number of aliphatic hydroxyl groups is 1. The number of carbonyl (C=O) groups excluding carboxylic acids is 1. The van der Waals surface area contributed by atoms with Crippen molar-refractivity contribution in [1.29, 1.82) is 0 Å². The van der Waals surface area contributed by atoms with Crippen LogP contribution in [0.15, 0.2) is 41.2 Å².